The van der Waals surface area contributed by atoms with Gasteiger partial charge in [-0.15, -0.1) is 0 Å². The molecule has 1 aromatic heterocycles. The molecule has 16 heavy (non-hydrogen) atoms. The van der Waals surface area contributed by atoms with Crippen molar-refractivity contribution in [1.82, 2.24) is 14.9 Å². The fraction of sp³-hybridized carbons (Fsp3) is 0.700. The van der Waals surface area contributed by atoms with Crippen molar-refractivity contribution < 1.29 is 8.42 Å². The highest BCUT2D eigenvalue weighted by Gasteiger charge is 2.24. The fourth-order valence-corrected chi connectivity index (χ4v) is 2.14. The number of hydrogen-bond donors (Lipinski definition) is 1. The minimum absolute atomic E-state index is 0.185. The van der Waals surface area contributed by atoms with Crippen molar-refractivity contribution >= 4 is 9.84 Å². The van der Waals surface area contributed by atoms with E-state index >= 15 is 0 Å². The number of aromatic nitrogens is 2. The van der Waals surface area contributed by atoms with Crippen molar-refractivity contribution in [3.63, 3.8) is 0 Å². The number of sulfone groups is 1. The van der Waals surface area contributed by atoms with Gasteiger partial charge in [-0.3, -0.25) is 0 Å². The summed E-state index contributed by atoms with van der Waals surface area (Å²) < 4.78 is 24.0. The Morgan fingerprint density at radius 1 is 1.56 bits per heavy atom. The van der Waals surface area contributed by atoms with E-state index in [0.717, 1.165) is 5.69 Å². The molecule has 0 spiro atoms. The Kier molecular flexibility index (Phi) is 3.30. The Balaban J connectivity index is 1.79. The van der Waals surface area contributed by atoms with Gasteiger partial charge in [0.15, 0.2) is 0 Å². The van der Waals surface area contributed by atoms with Crippen molar-refractivity contribution in [3.8, 4) is 0 Å². The summed E-state index contributed by atoms with van der Waals surface area (Å²) in [6.07, 6.45) is 7.40. The number of nitrogens with zero attached hydrogens (tertiary/aromatic N) is 2. The number of nitrogens with one attached hydrogen (secondary N) is 1. The van der Waals surface area contributed by atoms with E-state index in [1.807, 2.05) is 12.5 Å². The lowest BCUT2D eigenvalue weighted by Crippen LogP contribution is -2.23. The van der Waals surface area contributed by atoms with E-state index in [1.165, 1.54) is 19.1 Å². The lowest BCUT2D eigenvalue weighted by atomic mass is 10.4. The van der Waals surface area contributed by atoms with Crippen molar-refractivity contribution in [2.45, 2.75) is 25.4 Å². The van der Waals surface area contributed by atoms with Gasteiger partial charge in [0, 0.05) is 31.6 Å². The van der Waals surface area contributed by atoms with Gasteiger partial charge in [-0.05, 0) is 12.8 Å². The topological polar surface area (TPSA) is 64.0 Å². The van der Waals surface area contributed by atoms with Crippen LogP contribution in [0.4, 0.5) is 0 Å². The molecular weight excluding hydrogens is 226 g/mol. The molecule has 6 heteroatoms. The molecule has 0 unspecified atom stereocenters. The minimum atomic E-state index is -2.86. The standard InChI is InChI=1S/C10H17N3O2S/c1-16(14,15)5-4-11-6-10-7-12-8-13(10)9-2-3-9/h7-9,11H,2-6H2,1H3. The summed E-state index contributed by atoms with van der Waals surface area (Å²) in [5.41, 5.74) is 1.14. The molecule has 5 nitrogen and oxygen atoms in total. The molecule has 0 bridgehead atoms. The molecule has 0 amide bonds. The average molecular weight is 243 g/mol. The second-order valence-corrected chi connectivity index (χ2v) is 6.59. The Labute approximate surface area is 95.8 Å². The first-order valence-corrected chi connectivity index (χ1v) is 7.51. The molecule has 1 aliphatic rings. The van der Waals surface area contributed by atoms with Crippen molar-refractivity contribution in [1.29, 1.82) is 0 Å². The SMILES string of the molecule is CS(=O)(=O)CCNCc1cncn1C1CC1. The maximum atomic E-state index is 10.9. The van der Waals surface area contributed by atoms with Gasteiger partial charge in [0.05, 0.1) is 17.8 Å². The van der Waals surface area contributed by atoms with Gasteiger partial charge in [0.2, 0.25) is 0 Å². The van der Waals surface area contributed by atoms with Crippen LogP contribution < -0.4 is 5.32 Å². The van der Waals surface area contributed by atoms with Gasteiger partial charge in [-0.2, -0.15) is 0 Å². The number of hydrogen-bond acceptors (Lipinski definition) is 4. The third kappa shape index (κ3) is 3.31. The highest BCUT2D eigenvalue weighted by atomic mass is 32.2. The third-order valence-corrected chi connectivity index (χ3v) is 3.59. The highest BCUT2D eigenvalue weighted by Crippen LogP contribution is 2.35. The zero-order valence-corrected chi connectivity index (χ0v) is 10.2. The second-order valence-electron chi connectivity index (χ2n) is 4.33. The largest absolute Gasteiger partial charge is 0.330 e. The van der Waals surface area contributed by atoms with E-state index in [2.05, 4.69) is 14.9 Å². The van der Waals surface area contributed by atoms with Gasteiger partial charge in [-0.25, -0.2) is 13.4 Å². The lowest BCUT2D eigenvalue weighted by Gasteiger charge is -2.07. The quantitative estimate of drug-likeness (QED) is 0.732. The van der Waals surface area contributed by atoms with E-state index in [0.29, 0.717) is 19.1 Å². The van der Waals surface area contributed by atoms with Crippen LogP contribution in [0.15, 0.2) is 12.5 Å². The maximum Gasteiger partial charge on any atom is 0.148 e. The molecule has 1 N–H and O–H groups in total. The first-order chi connectivity index (χ1) is 7.56. The molecule has 0 saturated heterocycles. The highest BCUT2D eigenvalue weighted by molar-refractivity contribution is 7.90. The first-order valence-electron chi connectivity index (χ1n) is 5.45. The van der Waals surface area contributed by atoms with Crippen LogP contribution in [0.3, 0.4) is 0 Å². The molecule has 1 aliphatic carbocycles. The summed E-state index contributed by atoms with van der Waals surface area (Å²) >= 11 is 0. The van der Waals surface area contributed by atoms with Gasteiger partial charge in [-0.1, -0.05) is 0 Å². The molecule has 1 fully saturated rings. The zero-order valence-electron chi connectivity index (χ0n) is 9.39. The zero-order chi connectivity index (χ0) is 11.6. The smallest absolute Gasteiger partial charge is 0.148 e. The third-order valence-electron chi connectivity index (χ3n) is 2.64. The Hall–Kier alpha value is -0.880. The summed E-state index contributed by atoms with van der Waals surface area (Å²) in [7, 11) is -2.86. The average Bonchev–Trinajstić information content (AvgIpc) is 2.92. The summed E-state index contributed by atoms with van der Waals surface area (Å²) in [5, 5.41) is 3.13. The predicted molar refractivity (Wildman–Crippen MR) is 61.9 cm³/mol. The fourth-order valence-electron chi connectivity index (χ4n) is 1.62. The van der Waals surface area contributed by atoms with Crippen LogP contribution in [0.2, 0.25) is 0 Å². The molecule has 90 valence electrons. The van der Waals surface area contributed by atoms with E-state index in [1.54, 1.807) is 0 Å². The van der Waals surface area contributed by atoms with Crippen molar-refractivity contribution in [3.05, 3.63) is 18.2 Å². The molecular formula is C10H17N3O2S. The minimum Gasteiger partial charge on any atom is -0.330 e. The Morgan fingerprint density at radius 3 is 2.94 bits per heavy atom. The Bertz CT molecular complexity index is 448. The summed E-state index contributed by atoms with van der Waals surface area (Å²) in [6, 6.07) is 0.620. The lowest BCUT2D eigenvalue weighted by molar-refractivity contribution is 0.592. The molecule has 0 radical (unpaired) electrons. The van der Waals surface area contributed by atoms with Gasteiger partial charge >= 0.3 is 0 Å². The van der Waals surface area contributed by atoms with Crippen LogP contribution in [0, 0.1) is 0 Å². The molecule has 0 aromatic carbocycles. The molecule has 1 aromatic rings. The van der Waals surface area contributed by atoms with Crippen LogP contribution in [0.5, 0.6) is 0 Å². The molecule has 0 aliphatic heterocycles. The van der Waals surface area contributed by atoms with Crippen LogP contribution >= 0.6 is 0 Å². The van der Waals surface area contributed by atoms with E-state index in [4.69, 9.17) is 0 Å². The van der Waals surface area contributed by atoms with Crippen LogP contribution in [0.1, 0.15) is 24.6 Å². The van der Waals surface area contributed by atoms with Crippen LogP contribution in [-0.2, 0) is 16.4 Å². The number of rotatable bonds is 6. The normalized spacial score (nSPS) is 16.6. The van der Waals surface area contributed by atoms with Gasteiger partial charge < -0.3 is 9.88 Å². The monoisotopic (exact) mass is 243 g/mol. The molecule has 2 rings (SSSR count). The Morgan fingerprint density at radius 2 is 2.31 bits per heavy atom. The summed E-state index contributed by atoms with van der Waals surface area (Å²) in [5.74, 6) is 0.185. The molecule has 1 saturated carbocycles. The first kappa shape index (κ1) is 11.6. The molecule has 0 atom stereocenters. The maximum absolute atomic E-state index is 10.9. The predicted octanol–water partition coefficient (Wildman–Crippen LogP) is 0.352. The van der Waals surface area contributed by atoms with Crippen LogP contribution in [0.25, 0.3) is 0 Å². The van der Waals surface area contributed by atoms with Gasteiger partial charge in [0.1, 0.15) is 9.84 Å². The summed E-state index contributed by atoms with van der Waals surface area (Å²) in [4.78, 5) is 4.12. The molecule has 1 heterocycles. The number of imidazole rings is 1. The van der Waals surface area contributed by atoms with Crippen molar-refractivity contribution in [2.24, 2.45) is 0 Å². The van der Waals surface area contributed by atoms with Crippen LogP contribution in [-0.4, -0.2) is 36.5 Å². The van der Waals surface area contributed by atoms with Gasteiger partial charge in [0.25, 0.3) is 0 Å². The second kappa shape index (κ2) is 4.55. The van der Waals surface area contributed by atoms with E-state index < -0.39 is 9.84 Å². The van der Waals surface area contributed by atoms with E-state index in [-0.39, 0.29) is 5.75 Å². The summed E-state index contributed by atoms with van der Waals surface area (Å²) in [6.45, 7) is 1.18. The van der Waals surface area contributed by atoms with Crippen molar-refractivity contribution in [2.75, 3.05) is 18.6 Å². The van der Waals surface area contributed by atoms with E-state index in [9.17, 15) is 8.42 Å².